The van der Waals surface area contributed by atoms with Gasteiger partial charge in [-0.15, -0.1) is 0 Å². The largest absolute Gasteiger partial charge is 0.403 e. The molecule has 0 heterocycles. The molecule has 0 atom stereocenters. The van der Waals surface area contributed by atoms with Gasteiger partial charge in [-0.25, -0.2) is 0 Å². The summed E-state index contributed by atoms with van der Waals surface area (Å²) in [6, 6.07) is 0. The molecule has 3 nitrogen and oxygen atoms in total. The number of hydrogen-bond donors (Lipinski definition) is 1. The van der Waals surface area contributed by atoms with Crippen LogP contribution in [0, 0.1) is 0 Å². The van der Waals surface area contributed by atoms with E-state index in [4.69, 9.17) is 5.73 Å². The molecule has 0 aromatic rings. The van der Waals surface area contributed by atoms with Crippen LogP contribution in [-0.4, -0.2) is 18.3 Å². The van der Waals surface area contributed by atoms with Crippen LogP contribution in [0.15, 0.2) is 17.0 Å². The van der Waals surface area contributed by atoms with Crippen molar-refractivity contribution in [2.45, 2.75) is 52.4 Å². The third kappa shape index (κ3) is 6.15. The van der Waals surface area contributed by atoms with E-state index in [1.54, 1.807) is 6.20 Å². The van der Waals surface area contributed by atoms with Crippen LogP contribution in [0.5, 0.6) is 0 Å². The highest BCUT2D eigenvalue weighted by Crippen LogP contribution is 2.13. The lowest BCUT2D eigenvalue weighted by atomic mass is 10.2. The van der Waals surface area contributed by atoms with E-state index in [1.165, 1.54) is 19.3 Å². The van der Waals surface area contributed by atoms with Gasteiger partial charge in [0.15, 0.2) is 0 Å². The van der Waals surface area contributed by atoms with Gasteiger partial charge < -0.3 is 5.73 Å². The summed E-state index contributed by atoms with van der Waals surface area (Å²) in [5.74, 6) is 0. The predicted octanol–water partition coefficient (Wildman–Crippen LogP) is 3.08. The molecule has 0 unspecified atom stereocenters. The van der Waals surface area contributed by atoms with Gasteiger partial charge in [-0.3, -0.25) is 5.01 Å². The first kappa shape index (κ1) is 14.0. The summed E-state index contributed by atoms with van der Waals surface area (Å²) in [6.07, 6.45) is 8.60. The molecule has 88 valence electrons. The van der Waals surface area contributed by atoms with Crippen LogP contribution < -0.4 is 5.73 Å². The smallest absolute Gasteiger partial charge is 0.0522 e. The first-order valence-corrected chi connectivity index (χ1v) is 5.95. The topological polar surface area (TPSA) is 41.6 Å². The standard InChI is InChI=1S/C12H25N3/c1-4-6-8-10-15(14-3)12(11-13)9-7-5-2/h11H,3-10,13H2,1-2H3/b12-11-. The Labute approximate surface area is 94.0 Å². The van der Waals surface area contributed by atoms with Crippen molar-refractivity contribution in [1.29, 1.82) is 0 Å². The Morgan fingerprint density at radius 2 is 1.93 bits per heavy atom. The summed E-state index contributed by atoms with van der Waals surface area (Å²) < 4.78 is 0. The minimum Gasteiger partial charge on any atom is -0.403 e. The molecule has 0 spiro atoms. The van der Waals surface area contributed by atoms with Crippen molar-refractivity contribution in [3.63, 3.8) is 0 Å². The van der Waals surface area contributed by atoms with Gasteiger partial charge >= 0.3 is 0 Å². The number of nitrogens with zero attached hydrogens (tertiary/aromatic N) is 2. The maximum absolute atomic E-state index is 5.60. The van der Waals surface area contributed by atoms with E-state index in [0.29, 0.717) is 0 Å². The summed E-state index contributed by atoms with van der Waals surface area (Å²) in [6.45, 7) is 8.91. The highest BCUT2D eigenvalue weighted by atomic mass is 15.4. The third-order valence-electron chi connectivity index (χ3n) is 2.45. The van der Waals surface area contributed by atoms with Crippen molar-refractivity contribution in [2.24, 2.45) is 10.8 Å². The predicted molar refractivity (Wildman–Crippen MR) is 67.6 cm³/mol. The summed E-state index contributed by atoms with van der Waals surface area (Å²) >= 11 is 0. The van der Waals surface area contributed by atoms with Crippen molar-refractivity contribution in [1.82, 2.24) is 5.01 Å². The van der Waals surface area contributed by atoms with Crippen LogP contribution >= 0.6 is 0 Å². The van der Waals surface area contributed by atoms with Crippen LogP contribution in [-0.2, 0) is 0 Å². The molecule has 0 radical (unpaired) electrons. The summed E-state index contributed by atoms with van der Waals surface area (Å²) in [4.78, 5) is 0. The molecule has 0 fully saturated rings. The van der Waals surface area contributed by atoms with E-state index in [9.17, 15) is 0 Å². The number of unbranched alkanes of at least 4 members (excludes halogenated alkanes) is 3. The lowest BCUT2D eigenvalue weighted by Crippen LogP contribution is -2.19. The quantitative estimate of drug-likeness (QED) is 0.362. The van der Waals surface area contributed by atoms with Gasteiger partial charge in [0.2, 0.25) is 0 Å². The van der Waals surface area contributed by atoms with E-state index in [2.05, 4.69) is 25.7 Å². The van der Waals surface area contributed by atoms with Gasteiger partial charge in [0, 0.05) is 19.5 Å². The number of hydrazone groups is 1. The Bertz CT molecular complexity index is 187. The van der Waals surface area contributed by atoms with Crippen molar-refractivity contribution in [2.75, 3.05) is 6.54 Å². The van der Waals surface area contributed by atoms with Crippen LogP contribution in [0.1, 0.15) is 52.4 Å². The Hall–Kier alpha value is -0.990. The lowest BCUT2D eigenvalue weighted by molar-refractivity contribution is 0.339. The molecule has 0 amide bonds. The maximum Gasteiger partial charge on any atom is 0.0522 e. The Morgan fingerprint density at radius 3 is 2.40 bits per heavy atom. The van der Waals surface area contributed by atoms with E-state index in [-0.39, 0.29) is 0 Å². The van der Waals surface area contributed by atoms with Crippen molar-refractivity contribution < 1.29 is 0 Å². The monoisotopic (exact) mass is 211 g/mol. The summed E-state index contributed by atoms with van der Waals surface area (Å²) in [5, 5.41) is 5.95. The van der Waals surface area contributed by atoms with Gasteiger partial charge in [0.05, 0.1) is 5.70 Å². The molecule has 15 heavy (non-hydrogen) atoms. The van der Waals surface area contributed by atoms with E-state index < -0.39 is 0 Å². The molecule has 0 aliphatic heterocycles. The summed E-state index contributed by atoms with van der Waals surface area (Å²) in [7, 11) is 0. The first-order valence-electron chi connectivity index (χ1n) is 5.95. The van der Waals surface area contributed by atoms with Crippen LogP contribution in [0.25, 0.3) is 0 Å². The molecule has 0 saturated heterocycles. The second-order valence-corrected chi connectivity index (χ2v) is 3.73. The van der Waals surface area contributed by atoms with Crippen molar-refractivity contribution in [3.05, 3.63) is 11.9 Å². The molecule has 0 bridgehead atoms. The zero-order valence-corrected chi connectivity index (χ0v) is 10.2. The molecular formula is C12H25N3. The molecule has 2 N–H and O–H groups in total. The van der Waals surface area contributed by atoms with E-state index in [1.807, 2.05) is 5.01 Å². The SMILES string of the molecule is C=NN(CCCCC)/C(=C\N)CCCC. The van der Waals surface area contributed by atoms with E-state index in [0.717, 1.165) is 31.5 Å². The zero-order chi connectivity index (χ0) is 11.5. The second kappa shape index (κ2) is 9.56. The molecule has 0 rings (SSSR count). The van der Waals surface area contributed by atoms with Gasteiger partial charge in [-0.05, 0) is 19.3 Å². The molecule has 0 aromatic heterocycles. The lowest BCUT2D eigenvalue weighted by Gasteiger charge is -2.21. The number of allylic oxidation sites excluding steroid dienone is 1. The molecular weight excluding hydrogens is 186 g/mol. The fraction of sp³-hybridized carbons (Fsp3) is 0.750. The summed E-state index contributed by atoms with van der Waals surface area (Å²) in [5.41, 5.74) is 6.70. The Morgan fingerprint density at radius 1 is 1.27 bits per heavy atom. The average Bonchev–Trinajstić information content (AvgIpc) is 2.27. The van der Waals surface area contributed by atoms with Crippen LogP contribution in [0.4, 0.5) is 0 Å². The molecule has 0 aliphatic rings. The van der Waals surface area contributed by atoms with Gasteiger partial charge in [0.25, 0.3) is 0 Å². The zero-order valence-electron chi connectivity index (χ0n) is 10.2. The highest BCUT2D eigenvalue weighted by Gasteiger charge is 2.05. The average molecular weight is 211 g/mol. The Kier molecular flexibility index (Phi) is 8.93. The van der Waals surface area contributed by atoms with Gasteiger partial charge in [-0.2, -0.15) is 5.10 Å². The van der Waals surface area contributed by atoms with E-state index >= 15 is 0 Å². The minimum absolute atomic E-state index is 0.935. The van der Waals surface area contributed by atoms with Crippen molar-refractivity contribution in [3.8, 4) is 0 Å². The molecule has 0 saturated carbocycles. The number of nitrogens with two attached hydrogens (primary N) is 1. The van der Waals surface area contributed by atoms with Crippen molar-refractivity contribution >= 4 is 6.72 Å². The fourth-order valence-corrected chi connectivity index (χ4v) is 1.47. The number of rotatable bonds is 9. The Balaban J connectivity index is 4.04. The molecule has 0 aromatic carbocycles. The number of hydrogen-bond acceptors (Lipinski definition) is 3. The maximum atomic E-state index is 5.60. The van der Waals surface area contributed by atoms with Gasteiger partial charge in [-0.1, -0.05) is 33.1 Å². The van der Waals surface area contributed by atoms with Crippen LogP contribution in [0.3, 0.4) is 0 Å². The minimum atomic E-state index is 0.935. The first-order chi connectivity index (χ1) is 7.29. The molecule has 0 aliphatic carbocycles. The van der Waals surface area contributed by atoms with Gasteiger partial charge in [0.1, 0.15) is 0 Å². The highest BCUT2D eigenvalue weighted by molar-refractivity contribution is 5.23. The molecule has 3 heteroatoms. The second-order valence-electron chi connectivity index (χ2n) is 3.73. The van der Waals surface area contributed by atoms with Crippen LogP contribution in [0.2, 0.25) is 0 Å². The normalized spacial score (nSPS) is 11.5. The fourth-order valence-electron chi connectivity index (χ4n) is 1.47. The third-order valence-corrected chi connectivity index (χ3v) is 2.45.